The molecule has 94 valence electrons. The number of rotatable bonds is 6. The lowest BCUT2D eigenvalue weighted by Gasteiger charge is -2.26. The van der Waals surface area contributed by atoms with E-state index in [1.54, 1.807) is 0 Å². The van der Waals surface area contributed by atoms with Gasteiger partial charge in [0.15, 0.2) is 0 Å². The van der Waals surface area contributed by atoms with E-state index in [0.717, 1.165) is 19.7 Å². The quantitative estimate of drug-likeness (QED) is 0.697. The molecule has 2 aliphatic heterocycles. The molecule has 0 saturated carbocycles. The molecule has 0 spiro atoms. The van der Waals surface area contributed by atoms with Crippen molar-refractivity contribution in [3.8, 4) is 0 Å². The molecular weight excluding hydrogens is 200 g/mol. The first-order valence-electron chi connectivity index (χ1n) is 7.00. The Kier molecular flexibility index (Phi) is 5.59. The average molecular weight is 226 g/mol. The third kappa shape index (κ3) is 4.40. The maximum atomic E-state index is 5.58. The maximum absolute atomic E-state index is 5.58. The van der Waals surface area contributed by atoms with Crippen molar-refractivity contribution in [2.24, 2.45) is 0 Å². The van der Waals surface area contributed by atoms with Crippen LogP contribution in [0.5, 0.6) is 0 Å². The molecule has 1 atom stereocenters. The maximum Gasteiger partial charge on any atom is 0.0700 e. The number of hydrogen-bond acceptors (Lipinski definition) is 3. The smallest absolute Gasteiger partial charge is 0.0700 e. The zero-order valence-electron chi connectivity index (χ0n) is 10.4. The number of likely N-dealkylation sites (tertiary alicyclic amines) is 1. The van der Waals surface area contributed by atoms with Gasteiger partial charge in [-0.15, -0.1) is 0 Å². The fourth-order valence-corrected chi connectivity index (χ4v) is 2.68. The van der Waals surface area contributed by atoms with Gasteiger partial charge in [0.2, 0.25) is 0 Å². The average Bonchev–Trinajstić information content (AvgIpc) is 2.83. The van der Waals surface area contributed by atoms with Crippen molar-refractivity contribution < 1.29 is 4.74 Å². The van der Waals surface area contributed by atoms with Crippen molar-refractivity contribution in [1.29, 1.82) is 0 Å². The lowest BCUT2D eigenvalue weighted by atomic mass is 10.1. The van der Waals surface area contributed by atoms with Crippen molar-refractivity contribution in [3.63, 3.8) is 0 Å². The lowest BCUT2D eigenvalue weighted by molar-refractivity contribution is 0.110. The van der Waals surface area contributed by atoms with Crippen LogP contribution in [-0.4, -0.2) is 50.3 Å². The fourth-order valence-electron chi connectivity index (χ4n) is 2.68. The van der Waals surface area contributed by atoms with Crippen molar-refractivity contribution in [3.05, 3.63) is 0 Å². The van der Waals surface area contributed by atoms with E-state index in [2.05, 4.69) is 10.2 Å². The topological polar surface area (TPSA) is 24.5 Å². The van der Waals surface area contributed by atoms with E-state index in [1.165, 1.54) is 58.2 Å². The van der Waals surface area contributed by atoms with Crippen LogP contribution in [-0.2, 0) is 4.74 Å². The summed E-state index contributed by atoms with van der Waals surface area (Å²) in [4.78, 5) is 2.61. The van der Waals surface area contributed by atoms with Crippen LogP contribution in [0.25, 0.3) is 0 Å². The van der Waals surface area contributed by atoms with E-state index in [4.69, 9.17) is 4.74 Å². The van der Waals surface area contributed by atoms with E-state index in [9.17, 15) is 0 Å². The van der Waals surface area contributed by atoms with Gasteiger partial charge in [0.05, 0.1) is 6.10 Å². The number of nitrogens with one attached hydrogen (secondary N) is 1. The second-order valence-corrected chi connectivity index (χ2v) is 5.10. The summed E-state index contributed by atoms with van der Waals surface area (Å²) >= 11 is 0. The first kappa shape index (κ1) is 12.3. The van der Waals surface area contributed by atoms with Crippen LogP contribution in [0.3, 0.4) is 0 Å². The molecule has 0 bridgehead atoms. The van der Waals surface area contributed by atoms with Gasteiger partial charge < -0.3 is 15.0 Å². The summed E-state index contributed by atoms with van der Waals surface area (Å²) in [6.07, 6.45) is 8.53. The van der Waals surface area contributed by atoms with E-state index in [0.29, 0.717) is 6.10 Å². The Morgan fingerprint density at radius 2 is 2.00 bits per heavy atom. The predicted molar refractivity (Wildman–Crippen MR) is 66.8 cm³/mol. The zero-order valence-corrected chi connectivity index (χ0v) is 10.4. The molecule has 0 aromatic heterocycles. The molecule has 3 heteroatoms. The molecule has 0 aliphatic carbocycles. The summed E-state index contributed by atoms with van der Waals surface area (Å²) in [5.74, 6) is 0. The first-order valence-corrected chi connectivity index (χ1v) is 7.00. The van der Waals surface area contributed by atoms with E-state index < -0.39 is 0 Å². The van der Waals surface area contributed by atoms with E-state index in [-0.39, 0.29) is 0 Å². The minimum Gasteiger partial charge on any atom is -0.377 e. The van der Waals surface area contributed by atoms with Crippen LogP contribution in [0.4, 0.5) is 0 Å². The molecule has 2 rings (SSSR count). The Hall–Kier alpha value is -0.120. The third-order valence-corrected chi connectivity index (χ3v) is 3.67. The molecule has 2 saturated heterocycles. The van der Waals surface area contributed by atoms with Crippen LogP contribution in [0.2, 0.25) is 0 Å². The van der Waals surface area contributed by atoms with E-state index >= 15 is 0 Å². The molecule has 1 N–H and O–H groups in total. The number of nitrogens with zero attached hydrogens (tertiary/aromatic N) is 1. The fraction of sp³-hybridized carbons (Fsp3) is 1.00. The molecule has 3 nitrogen and oxygen atoms in total. The summed E-state index contributed by atoms with van der Waals surface area (Å²) in [5, 5.41) is 3.52. The Morgan fingerprint density at radius 3 is 2.75 bits per heavy atom. The van der Waals surface area contributed by atoms with Gasteiger partial charge in [0.25, 0.3) is 0 Å². The monoisotopic (exact) mass is 226 g/mol. The van der Waals surface area contributed by atoms with Crippen molar-refractivity contribution in [2.45, 2.75) is 44.6 Å². The number of piperidine rings is 1. The Morgan fingerprint density at radius 1 is 1.12 bits per heavy atom. The highest BCUT2D eigenvalue weighted by atomic mass is 16.5. The largest absolute Gasteiger partial charge is 0.377 e. The Labute approximate surface area is 99.5 Å². The van der Waals surface area contributed by atoms with Crippen molar-refractivity contribution in [1.82, 2.24) is 10.2 Å². The molecule has 0 aromatic rings. The summed E-state index contributed by atoms with van der Waals surface area (Å²) in [5.41, 5.74) is 0. The van der Waals surface area contributed by atoms with Crippen LogP contribution in [0.15, 0.2) is 0 Å². The third-order valence-electron chi connectivity index (χ3n) is 3.67. The van der Waals surface area contributed by atoms with Gasteiger partial charge in [-0.3, -0.25) is 0 Å². The molecule has 2 aliphatic rings. The van der Waals surface area contributed by atoms with Gasteiger partial charge in [-0.05, 0) is 58.3 Å². The van der Waals surface area contributed by atoms with Gasteiger partial charge in [0, 0.05) is 13.2 Å². The van der Waals surface area contributed by atoms with Gasteiger partial charge in [0.1, 0.15) is 0 Å². The Balaban J connectivity index is 1.42. The van der Waals surface area contributed by atoms with Gasteiger partial charge in [-0.1, -0.05) is 6.42 Å². The summed E-state index contributed by atoms with van der Waals surface area (Å²) < 4.78 is 5.58. The minimum absolute atomic E-state index is 0.495. The van der Waals surface area contributed by atoms with Gasteiger partial charge in [-0.2, -0.15) is 0 Å². The van der Waals surface area contributed by atoms with Crippen LogP contribution in [0, 0.1) is 0 Å². The highest BCUT2D eigenvalue weighted by Gasteiger charge is 2.14. The summed E-state index contributed by atoms with van der Waals surface area (Å²) in [6, 6.07) is 0. The molecule has 0 radical (unpaired) electrons. The SMILES string of the molecule is C1CCN(CCCNC[C@@H]2CCCO2)CC1. The van der Waals surface area contributed by atoms with Crippen molar-refractivity contribution in [2.75, 3.05) is 39.3 Å². The highest BCUT2D eigenvalue weighted by molar-refractivity contribution is 4.68. The van der Waals surface area contributed by atoms with Crippen LogP contribution >= 0.6 is 0 Å². The highest BCUT2D eigenvalue weighted by Crippen LogP contribution is 2.10. The van der Waals surface area contributed by atoms with Crippen LogP contribution < -0.4 is 5.32 Å². The normalized spacial score (nSPS) is 27.4. The molecule has 16 heavy (non-hydrogen) atoms. The second-order valence-electron chi connectivity index (χ2n) is 5.10. The minimum atomic E-state index is 0.495. The van der Waals surface area contributed by atoms with Gasteiger partial charge in [-0.25, -0.2) is 0 Å². The van der Waals surface area contributed by atoms with Gasteiger partial charge >= 0.3 is 0 Å². The zero-order chi connectivity index (χ0) is 11.1. The number of ether oxygens (including phenoxy) is 1. The molecule has 0 amide bonds. The lowest BCUT2D eigenvalue weighted by Crippen LogP contribution is -2.33. The van der Waals surface area contributed by atoms with Crippen molar-refractivity contribution >= 4 is 0 Å². The predicted octanol–water partition coefficient (Wildman–Crippen LogP) is 1.63. The molecule has 0 unspecified atom stereocenters. The van der Waals surface area contributed by atoms with Crippen LogP contribution in [0.1, 0.15) is 38.5 Å². The van der Waals surface area contributed by atoms with E-state index in [1.807, 2.05) is 0 Å². The Bertz CT molecular complexity index is 175. The molecule has 2 heterocycles. The molecule has 2 fully saturated rings. The molecular formula is C13H26N2O. The summed E-state index contributed by atoms with van der Waals surface area (Å²) in [6.45, 7) is 7.10. The number of hydrogen-bond donors (Lipinski definition) is 1. The first-order chi connectivity index (χ1) is 7.95. The second kappa shape index (κ2) is 7.25. The standard InChI is InChI=1S/C13H26N2O/c1-2-8-15(9-3-1)10-5-7-14-12-13-6-4-11-16-13/h13-14H,1-12H2/t13-/m0/s1. The summed E-state index contributed by atoms with van der Waals surface area (Å²) in [7, 11) is 0. The molecule has 0 aromatic carbocycles.